The topological polar surface area (TPSA) is 30.8 Å². The summed E-state index contributed by atoms with van der Waals surface area (Å²) in [6, 6.07) is 7.72. The van der Waals surface area contributed by atoms with Gasteiger partial charge in [-0.25, -0.2) is 0 Å². The van der Waals surface area contributed by atoms with Crippen molar-refractivity contribution in [3.63, 3.8) is 0 Å². The number of ether oxygens (including phenoxy) is 2. The molecule has 0 N–H and O–H groups in total. The van der Waals surface area contributed by atoms with Crippen molar-refractivity contribution < 1.29 is 9.47 Å². The van der Waals surface area contributed by atoms with Crippen LogP contribution in [0.1, 0.15) is 6.92 Å². The first kappa shape index (κ1) is 11.1. The maximum atomic E-state index is 5.30. The zero-order valence-electron chi connectivity index (χ0n) is 9.88. The molecule has 3 heteroatoms. The van der Waals surface area contributed by atoms with Gasteiger partial charge in [0, 0.05) is 19.2 Å². The molecular weight excluding hydrogens is 202 g/mol. The molecule has 1 aliphatic carbocycles. The lowest BCUT2D eigenvalue weighted by Crippen LogP contribution is -1.91. The van der Waals surface area contributed by atoms with Crippen LogP contribution in [0.4, 0.5) is 5.69 Å². The largest absolute Gasteiger partial charge is 0.497 e. The van der Waals surface area contributed by atoms with Crippen molar-refractivity contribution in [1.82, 2.24) is 0 Å². The predicted octanol–water partition coefficient (Wildman–Crippen LogP) is 2.68. The molecule has 0 radical (unpaired) electrons. The summed E-state index contributed by atoms with van der Waals surface area (Å²) in [6.45, 7) is 2.18. The Bertz CT molecular complexity index is 372. The third-order valence-electron chi connectivity index (χ3n) is 3.10. The molecule has 1 aromatic rings. The maximum Gasteiger partial charge on any atom is 0.119 e. The summed E-state index contributed by atoms with van der Waals surface area (Å²) in [5.41, 5.74) is 0.953. The van der Waals surface area contributed by atoms with Gasteiger partial charge in [-0.05, 0) is 30.2 Å². The molecule has 86 valence electrons. The van der Waals surface area contributed by atoms with E-state index in [1.807, 2.05) is 30.5 Å². The molecule has 2 rings (SSSR count). The highest BCUT2D eigenvalue weighted by Crippen LogP contribution is 2.39. The fourth-order valence-corrected chi connectivity index (χ4v) is 1.89. The highest BCUT2D eigenvalue weighted by molar-refractivity contribution is 5.70. The second-order valence-corrected chi connectivity index (χ2v) is 4.11. The fourth-order valence-electron chi connectivity index (χ4n) is 1.89. The first-order valence-corrected chi connectivity index (χ1v) is 5.47. The van der Waals surface area contributed by atoms with Gasteiger partial charge in [0.1, 0.15) is 5.75 Å². The monoisotopic (exact) mass is 219 g/mol. The van der Waals surface area contributed by atoms with Crippen molar-refractivity contribution in [2.75, 3.05) is 14.2 Å². The van der Waals surface area contributed by atoms with Crippen LogP contribution < -0.4 is 4.74 Å². The second kappa shape index (κ2) is 4.66. The van der Waals surface area contributed by atoms with E-state index in [0.717, 1.165) is 11.4 Å². The van der Waals surface area contributed by atoms with Crippen LogP contribution in [0.5, 0.6) is 5.75 Å². The SMILES string of the molecule is COc1ccc(N=CC2C(C)C2OC)cc1. The number of aliphatic imine (C=N–C) groups is 1. The molecule has 16 heavy (non-hydrogen) atoms. The molecule has 0 heterocycles. The van der Waals surface area contributed by atoms with Gasteiger partial charge in [0.05, 0.1) is 18.9 Å². The highest BCUT2D eigenvalue weighted by Gasteiger charge is 2.45. The third-order valence-corrected chi connectivity index (χ3v) is 3.10. The molecule has 0 bridgehead atoms. The van der Waals surface area contributed by atoms with Crippen molar-refractivity contribution in [3.8, 4) is 5.75 Å². The Morgan fingerprint density at radius 1 is 1.19 bits per heavy atom. The van der Waals surface area contributed by atoms with Crippen LogP contribution in [-0.4, -0.2) is 26.5 Å². The summed E-state index contributed by atoms with van der Waals surface area (Å²) >= 11 is 0. The van der Waals surface area contributed by atoms with Gasteiger partial charge in [0.2, 0.25) is 0 Å². The normalized spacial score (nSPS) is 28.3. The van der Waals surface area contributed by atoms with Crippen molar-refractivity contribution in [2.45, 2.75) is 13.0 Å². The number of hydrogen-bond acceptors (Lipinski definition) is 3. The maximum absolute atomic E-state index is 5.30. The molecule has 0 aliphatic heterocycles. The van der Waals surface area contributed by atoms with E-state index in [0.29, 0.717) is 17.9 Å². The first-order valence-electron chi connectivity index (χ1n) is 5.47. The van der Waals surface area contributed by atoms with Gasteiger partial charge in [0.25, 0.3) is 0 Å². The first-order chi connectivity index (χ1) is 7.76. The average molecular weight is 219 g/mol. The minimum Gasteiger partial charge on any atom is -0.497 e. The molecule has 1 fully saturated rings. The highest BCUT2D eigenvalue weighted by atomic mass is 16.5. The zero-order chi connectivity index (χ0) is 11.5. The Morgan fingerprint density at radius 3 is 2.38 bits per heavy atom. The lowest BCUT2D eigenvalue weighted by Gasteiger charge is -1.98. The Hall–Kier alpha value is -1.35. The summed E-state index contributed by atoms with van der Waals surface area (Å²) in [4.78, 5) is 4.43. The van der Waals surface area contributed by atoms with E-state index < -0.39 is 0 Å². The molecule has 0 amide bonds. The van der Waals surface area contributed by atoms with Gasteiger partial charge in [0.15, 0.2) is 0 Å². The van der Waals surface area contributed by atoms with Crippen LogP contribution in [0.2, 0.25) is 0 Å². The van der Waals surface area contributed by atoms with Gasteiger partial charge in [-0.15, -0.1) is 0 Å². The number of hydrogen-bond donors (Lipinski definition) is 0. The van der Waals surface area contributed by atoms with E-state index in [1.54, 1.807) is 14.2 Å². The van der Waals surface area contributed by atoms with E-state index in [-0.39, 0.29) is 0 Å². The molecule has 1 aliphatic rings. The number of rotatable bonds is 4. The Morgan fingerprint density at radius 2 is 1.88 bits per heavy atom. The van der Waals surface area contributed by atoms with Gasteiger partial charge in [-0.2, -0.15) is 0 Å². The van der Waals surface area contributed by atoms with Crippen LogP contribution in [-0.2, 0) is 4.74 Å². The molecule has 0 spiro atoms. The van der Waals surface area contributed by atoms with Crippen LogP contribution >= 0.6 is 0 Å². The lowest BCUT2D eigenvalue weighted by atomic mass is 10.3. The molecule has 3 atom stereocenters. The molecular formula is C13H17NO2. The fraction of sp³-hybridized carbons (Fsp3) is 0.462. The third kappa shape index (κ3) is 2.25. The zero-order valence-corrected chi connectivity index (χ0v) is 9.88. The van der Waals surface area contributed by atoms with Crippen molar-refractivity contribution in [1.29, 1.82) is 0 Å². The van der Waals surface area contributed by atoms with Gasteiger partial charge >= 0.3 is 0 Å². The molecule has 1 saturated carbocycles. The second-order valence-electron chi connectivity index (χ2n) is 4.11. The number of methoxy groups -OCH3 is 2. The summed E-state index contributed by atoms with van der Waals surface area (Å²) in [6.07, 6.45) is 2.34. The lowest BCUT2D eigenvalue weighted by molar-refractivity contribution is 0.167. The Balaban J connectivity index is 1.96. The van der Waals surface area contributed by atoms with Crippen LogP contribution in [0.15, 0.2) is 29.3 Å². The molecule has 0 aromatic heterocycles. The van der Waals surface area contributed by atoms with Crippen molar-refractivity contribution in [2.24, 2.45) is 16.8 Å². The van der Waals surface area contributed by atoms with Gasteiger partial charge in [-0.1, -0.05) is 6.92 Å². The van der Waals surface area contributed by atoms with E-state index in [9.17, 15) is 0 Å². The summed E-state index contributed by atoms with van der Waals surface area (Å²) < 4.78 is 10.4. The Labute approximate surface area is 96.1 Å². The van der Waals surface area contributed by atoms with Crippen LogP contribution in [0.25, 0.3) is 0 Å². The summed E-state index contributed by atoms with van der Waals surface area (Å²) in [7, 11) is 3.41. The van der Waals surface area contributed by atoms with E-state index >= 15 is 0 Å². The van der Waals surface area contributed by atoms with E-state index in [4.69, 9.17) is 9.47 Å². The smallest absolute Gasteiger partial charge is 0.119 e. The Kier molecular flexibility index (Phi) is 3.25. The summed E-state index contributed by atoms with van der Waals surface area (Å²) in [5.74, 6) is 1.91. The van der Waals surface area contributed by atoms with Gasteiger partial charge in [-0.3, -0.25) is 4.99 Å². The standard InChI is InChI=1S/C13H17NO2/c1-9-12(13(9)16-3)8-14-10-4-6-11(15-2)7-5-10/h4-9,12-13H,1-3H3. The summed E-state index contributed by atoms with van der Waals surface area (Å²) in [5, 5.41) is 0. The van der Waals surface area contributed by atoms with Crippen LogP contribution in [0, 0.1) is 11.8 Å². The number of benzene rings is 1. The molecule has 3 nitrogen and oxygen atoms in total. The van der Waals surface area contributed by atoms with E-state index in [1.165, 1.54) is 0 Å². The minimum absolute atomic E-state index is 0.349. The predicted molar refractivity (Wildman–Crippen MR) is 64.6 cm³/mol. The van der Waals surface area contributed by atoms with Crippen molar-refractivity contribution >= 4 is 11.9 Å². The quantitative estimate of drug-likeness (QED) is 0.729. The number of nitrogens with zero attached hydrogens (tertiary/aromatic N) is 1. The average Bonchev–Trinajstić information content (AvgIpc) is 2.97. The van der Waals surface area contributed by atoms with E-state index in [2.05, 4.69) is 11.9 Å². The molecule has 3 unspecified atom stereocenters. The van der Waals surface area contributed by atoms with Gasteiger partial charge < -0.3 is 9.47 Å². The molecule has 1 aromatic carbocycles. The van der Waals surface area contributed by atoms with Crippen molar-refractivity contribution in [3.05, 3.63) is 24.3 Å². The van der Waals surface area contributed by atoms with Crippen LogP contribution in [0.3, 0.4) is 0 Å². The minimum atomic E-state index is 0.349. The molecule has 0 saturated heterocycles.